The second-order valence-electron chi connectivity index (χ2n) is 6.80. The lowest BCUT2D eigenvalue weighted by atomic mass is 9.79. The number of ether oxygens (including phenoxy) is 1. The van der Waals surface area contributed by atoms with Gasteiger partial charge in [0.15, 0.2) is 0 Å². The van der Waals surface area contributed by atoms with Crippen LogP contribution in [-0.4, -0.2) is 46.7 Å². The van der Waals surface area contributed by atoms with Crippen LogP contribution in [0, 0.1) is 5.92 Å². The number of hydrogen-bond donors (Lipinski definition) is 1. The molecule has 2 aliphatic heterocycles. The zero-order valence-electron chi connectivity index (χ0n) is 13.9. The molecule has 1 N–H and O–H groups in total. The number of rotatable bonds is 6. The van der Waals surface area contributed by atoms with Gasteiger partial charge in [-0.3, -0.25) is 9.88 Å². The van der Waals surface area contributed by atoms with Crippen molar-refractivity contribution >= 4 is 5.82 Å². The first kappa shape index (κ1) is 15.5. The highest BCUT2D eigenvalue weighted by Crippen LogP contribution is 2.42. The topological polar surface area (TPSA) is 50.3 Å². The van der Waals surface area contributed by atoms with Gasteiger partial charge in [-0.05, 0) is 43.0 Å². The van der Waals surface area contributed by atoms with Crippen molar-refractivity contribution in [1.29, 1.82) is 0 Å². The van der Waals surface area contributed by atoms with Crippen LogP contribution in [0.25, 0.3) is 0 Å². The number of nitrogens with one attached hydrogen (secondary N) is 1. The van der Waals surface area contributed by atoms with E-state index in [1.165, 1.54) is 6.42 Å². The molecule has 0 aliphatic carbocycles. The van der Waals surface area contributed by atoms with Gasteiger partial charge in [0.25, 0.3) is 0 Å². The molecular formula is C19H24N4O. The highest BCUT2D eigenvalue weighted by Gasteiger charge is 2.52. The van der Waals surface area contributed by atoms with Gasteiger partial charge in [0.1, 0.15) is 5.82 Å². The van der Waals surface area contributed by atoms with Crippen molar-refractivity contribution in [3.63, 3.8) is 0 Å². The average molecular weight is 324 g/mol. The molecule has 2 saturated heterocycles. The van der Waals surface area contributed by atoms with E-state index < -0.39 is 0 Å². The molecule has 126 valence electrons. The predicted molar refractivity (Wildman–Crippen MR) is 93.6 cm³/mol. The van der Waals surface area contributed by atoms with Crippen LogP contribution in [0.15, 0.2) is 48.8 Å². The number of likely N-dealkylation sites (tertiary alicyclic amines) is 1. The Bertz CT molecular complexity index is 643. The summed E-state index contributed by atoms with van der Waals surface area (Å²) < 4.78 is 6.15. The summed E-state index contributed by atoms with van der Waals surface area (Å²) in [6.45, 7) is 4.82. The van der Waals surface area contributed by atoms with Crippen LogP contribution in [0.1, 0.15) is 18.5 Å². The van der Waals surface area contributed by atoms with Crippen LogP contribution in [0.5, 0.6) is 0 Å². The van der Waals surface area contributed by atoms with Gasteiger partial charge in [0, 0.05) is 45.2 Å². The number of pyridine rings is 2. The van der Waals surface area contributed by atoms with Gasteiger partial charge in [-0.2, -0.15) is 0 Å². The van der Waals surface area contributed by atoms with E-state index in [9.17, 15) is 0 Å². The minimum atomic E-state index is 0.0700. The molecule has 0 radical (unpaired) electrons. The molecule has 2 aliphatic rings. The van der Waals surface area contributed by atoms with Crippen molar-refractivity contribution in [3.8, 4) is 0 Å². The van der Waals surface area contributed by atoms with Crippen molar-refractivity contribution in [2.24, 2.45) is 5.92 Å². The molecule has 5 heteroatoms. The van der Waals surface area contributed by atoms with Crippen LogP contribution in [0.4, 0.5) is 5.82 Å². The SMILES string of the molecule is c1ccc(CN2CC3(C2)OCCC3CCNc2ccccn2)nc1. The molecule has 1 atom stereocenters. The van der Waals surface area contributed by atoms with Gasteiger partial charge < -0.3 is 10.1 Å². The Morgan fingerprint density at radius 2 is 1.96 bits per heavy atom. The Labute approximate surface area is 143 Å². The Morgan fingerprint density at radius 3 is 2.71 bits per heavy atom. The van der Waals surface area contributed by atoms with E-state index in [2.05, 4.69) is 32.3 Å². The predicted octanol–water partition coefficient (Wildman–Crippen LogP) is 2.57. The molecule has 2 aromatic heterocycles. The van der Waals surface area contributed by atoms with Gasteiger partial charge in [-0.25, -0.2) is 4.98 Å². The Hall–Kier alpha value is -1.98. The van der Waals surface area contributed by atoms with E-state index >= 15 is 0 Å². The number of hydrogen-bond acceptors (Lipinski definition) is 5. The number of anilines is 1. The highest BCUT2D eigenvalue weighted by atomic mass is 16.5. The fourth-order valence-electron chi connectivity index (χ4n) is 3.93. The van der Waals surface area contributed by atoms with Gasteiger partial charge in [-0.1, -0.05) is 12.1 Å². The lowest BCUT2D eigenvalue weighted by molar-refractivity contribution is -0.136. The molecule has 0 bridgehead atoms. The van der Waals surface area contributed by atoms with Crippen molar-refractivity contribution < 1.29 is 4.74 Å². The Balaban J connectivity index is 1.27. The van der Waals surface area contributed by atoms with Crippen molar-refractivity contribution in [3.05, 3.63) is 54.5 Å². The number of aromatic nitrogens is 2. The standard InChI is InChI=1S/C19H24N4O/c1-3-9-20-17(5-1)13-23-14-19(15-23)16(8-12-24-19)7-11-22-18-6-2-4-10-21-18/h1-6,9-10,16H,7-8,11-15H2,(H,21,22). The Morgan fingerprint density at radius 1 is 1.12 bits per heavy atom. The maximum atomic E-state index is 6.15. The lowest BCUT2D eigenvalue weighted by Crippen LogP contribution is -2.64. The maximum Gasteiger partial charge on any atom is 0.125 e. The van der Waals surface area contributed by atoms with Crippen LogP contribution in [0.3, 0.4) is 0 Å². The van der Waals surface area contributed by atoms with E-state index in [-0.39, 0.29) is 5.60 Å². The zero-order valence-corrected chi connectivity index (χ0v) is 13.9. The summed E-state index contributed by atoms with van der Waals surface area (Å²) in [5, 5.41) is 3.42. The molecule has 0 saturated carbocycles. The summed E-state index contributed by atoms with van der Waals surface area (Å²) in [6, 6.07) is 12.1. The van der Waals surface area contributed by atoms with E-state index in [1.807, 2.05) is 36.7 Å². The summed E-state index contributed by atoms with van der Waals surface area (Å²) in [7, 11) is 0. The largest absolute Gasteiger partial charge is 0.372 e. The minimum absolute atomic E-state index is 0.0700. The van der Waals surface area contributed by atoms with Crippen LogP contribution < -0.4 is 5.32 Å². The summed E-state index contributed by atoms with van der Waals surface area (Å²) in [5.74, 6) is 1.59. The monoisotopic (exact) mass is 324 g/mol. The fourth-order valence-corrected chi connectivity index (χ4v) is 3.93. The summed E-state index contributed by atoms with van der Waals surface area (Å²) in [6.07, 6.45) is 5.99. The second-order valence-corrected chi connectivity index (χ2v) is 6.80. The molecule has 2 fully saturated rings. The van der Waals surface area contributed by atoms with E-state index in [0.29, 0.717) is 5.92 Å². The first-order chi connectivity index (χ1) is 11.8. The smallest absolute Gasteiger partial charge is 0.125 e. The minimum Gasteiger partial charge on any atom is -0.372 e. The molecule has 4 rings (SSSR count). The fraction of sp³-hybridized carbons (Fsp3) is 0.474. The highest BCUT2D eigenvalue weighted by molar-refractivity contribution is 5.32. The van der Waals surface area contributed by atoms with Crippen LogP contribution in [-0.2, 0) is 11.3 Å². The van der Waals surface area contributed by atoms with Crippen molar-refractivity contribution in [2.45, 2.75) is 25.0 Å². The quantitative estimate of drug-likeness (QED) is 0.885. The molecule has 1 unspecified atom stereocenters. The van der Waals surface area contributed by atoms with Crippen molar-refractivity contribution in [1.82, 2.24) is 14.9 Å². The molecule has 2 aromatic rings. The third-order valence-electron chi connectivity index (χ3n) is 5.16. The first-order valence-corrected chi connectivity index (χ1v) is 8.75. The Kier molecular flexibility index (Phi) is 4.45. The molecular weight excluding hydrogens is 300 g/mol. The molecule has 5 nitrogen and oxygen atoms in total. The molecule has 0 amide bonds. The summed E-state index contributed by atoms with van der Waals surface area (Å²) in [5.41, 5.74) is 1.21. The molecule has 24 heavy (non-hydrogen) atoms. The second kappa shape index (κ2) is 6.87. The summed E-state index contributed by atoms with van der Waals surface area (Å²) >= 11 is 0. The molecule has 4 heterocycles. The van der Waals surface area contributed by atoms with Crippen molar-refractivity contribution in [2.75, 3.05) is 31.6 Å². The van der Waals surface area contributed by atoms with Crippen LogP contribution in [0.2, 0.25) is 0 Å². The van der Waals surface area contributed by atoms with E-state index in [4.69, 9.17) is 4.74 Å². The lowest BCUT2D eigenvalue weighted by Gasteiger charge is -2.50. The number of nitrogens with zero attached hydrogens (tertiary/aromatic N) is 3. The summed E-state index contributed by atoms with van der Waals surface area (Å²) in [4.78, 5) is 11.2. The van der Waals surface area contributed by atoms with Gasteiger partial charge in [0.2, 0.25) is 0 Å². The zero-order chi connectivity index (χ0) is 16.2. The van der Waals surface area contributed by atoms with Crippen LogP contribution >= 0.6 is 0 Å². The normalized spacial score (nSPS) is 22.4. The van der Waals surface area contributed by atoms with E-state index in [0.717, 1.165) is 50.7 Å². The molecule has 0 aromatic carbocycles. The van der Waals surface area contributed by atoms with Gasteiger partial charge in [0.05, 0.1) is 11.3 Å². The molecule has 1 spiro atoms. The maximum absolute atomic E-state index is 6.15. The van der Waals surface area contributed by atoms with Gasteiger partial charge >= 0.3 is 0 Å². The van der Waals surface area contributed by atoms with E-state index in [1.54, 1.807) is 0 Å². The third kappa shape index (κ3) is 3.28. The third-order valence-corrected chi connectivity index (χ3v) is 5.16. The average Bonchev–Trinajstić information content (AvgIpc) is 3.00. The first-order valence-electron chi connectivity index (χ1n) is 8.75. The van der Waals surface area contributed by atoms with Gasteiger partial charge in [-0.15, -0.1) is 0 Å².